The molecule has 1 aromatic carbocycles. The molecule has 1 rings (SSSR count). The molecule has 0 amide bonds. The average molecular weight is 249 g/mol. The number of hydrogen-bond acceptors (Lipinski definition) is 3. The lowest BCUT2D eigenvalue weighted by Gasteiger charge is -2.08. The second-order valence-corrected chi connectivity index (χ2v) is 7.55. The normalized spacial score (nSPS) is 15.2. The van der Waals surface area contributed by atoms with Crippen LogP contribution in [-0.4, -0.2) is 16.9 Å². The Kier molecular flexibility index (Phi) is 3.12. The summed E-state index contributed by atoms with van der Waals surface area (Å²) in [5, 5.41) is 18.0. The zero-order valence-electron chi connectivity index (χ0n) is 6.09. The number of rotatable bonds is 2. The lowest BCUT2D eigenvalue weighted by Crippen LogP contribution is -2.17. The summed E-state index contributed by atoms with van der Waals surface area (Å²) < 4.78 is 11.5. The van der Waals surface area contributed by atoms with Crippen LogP contribution in [0.4, 0.5) is 0 Å². The van der Waals surface area contributed by atoms with E-state index < -0.39 is 12.6 Å². The topological polar surface area (TPSA) is 57.5 Å². The van der Waals surface area contributed by atoms with Gasteiger partial charge in [-0.3, -0.25) is 0 Å². The highest BCUT2D eigenvalue weighted by Crippen LogP contribution is 2.52. The lowest BCUT2D eigenvalue weighted by molar-refractivity contribution is 0.431. The lowest BCUT2D eigenvalue weighted by atomic mass is 10.4. The van der Waals surface area contributed by atoms with Crippen molar-refractivity contribution in [3.63, 3.8) is 0 Å². The van der Waals surface area contributed by atoms with Crippen LogP contribution in [0.1, 0.15) is 0 Å². The fourth-order valence-electron chi connectivity index (χ4n) is 0.765. The first-order valence-electron chi connectivity index (χ1n) is 3.26. The molecule has 0 aliphatic rings. The molecule has 2 N–H and O–H groups in total. The largest absolute Gasteiger partial charge is 0.537 e. The molecule has 1 atom stereocenters. The predicted molar refractivity (Wildman–Crippen MR) is 52.8 cm³/mol. The van der Waals surface area contributed by atoms with Crippen molar-refractivity contribution in [2.75, 3.05) is 0 Å². The fourth-order valence-corrected chi connectivity index (χ4v) is 2.32. The Balaban J connectivity index is 3.07. The molecule has 1 aromatic rings. The van der Waals surface area contributed by atoms with Crippen LogP contribution in [0, 0.1) is 0 Å². The van der Waals surface area contributed by atoms with E-state index in [0.717, 1.165) is 0 Å². The van der Waals surface area contributed by atoms with E-state index in [1.54, 1.807) is 30.3 Å². The summed E-state index contributed by atoms with van der Waals surface area (Å²) in [6.45, 7) is -1.85. The van der Waals surface area contributed by atoms with Crippen LogP contribution in [0.5, 0.6) is 0 Å². The first-order valence-corrected chi connectivity index (χ1v) is 7.06. The van der Waals surface area contributed by atoms with E-state index in [1.807, 2.05) is 0 Å². The van der Waals surface area contributed by atoms with Crippen LogP contribution >= 0.6 is 21.2 Å². The summed E-state index contributed by atoms with van der Waals surface area (Å²) in [6.07, 6.45) is 0. The van der Waals surface area contributed by atoms with Crippen LogP contribution < -0.4 is 5.30 Å². The van der Waals surface area contributed by atoms with Gasteiger partial charge in [0.05, 0.1) is 0 Å². The van der Waals surface area contributed by atoms with Crippen LogP contribution in [0.25, 0.3) is 0 Å². The van der Waals surface area contributed by atoms with Crippen molar-refractivity contribution in [1.82, 2.24) is 0 Å². The quantitative estimate of drug-likeness (QED) is 0.606. The third-order valence-electron chi connectivity index (χ3n) is 1.41. The van der Waals surface area contributed by atoms with E-state index in [2.05, 4.69) is 15.5 Å². The Bertz CT molecular complexity index is 303. The second kappa shape index (κ2) is 3.75. The maximum atomic E-state index is 11.5. The Morgan fingerprint density at radius 1 is 1.25 bits per heavy atom. The van der Waals surface area contributed by atoms with E-state index in [4.69, 9.17) is 10.0 Å². The molecular weight excluding hydrogens is 242 g/mol. The van der Waals surface area contributed by atoms with Gasteiger partial charge in [0, 0.05) is 5.30 Å². The number of halogens is 1. The summed E-state index contributed by atoms with van der Waals surface area (Å²) >= 11 is 2.81. The van der Waals surface area contributed by atoms with Crippen molar-refractivity contribution >= 4 is 33.4 Å². The first-order chi connectivity index (χ1) is 5.55. The first kappa shape index (κ1) is 10.00. The molecule has 0 spiro atoms. The molecule has 0 saturated carbocycles. The average Bonchev–Trinajstić information content (AvgIpc) is 2.06. The standard InChI is InChI=1S/C6H7BBrO3P/c8-12(11,7(9)10)6-4-2-1-3-5-6/h1-5,9-10H. The molecule has 0 saturated heterocycles. The third kappa shape index (κ3) is 1.99. The number of benzene rings is 1. The minimum Gasteiger partial charge on any atom is -0.420 e. The summed E-state index contributed by atoms with van der Waals surface area (Å²) in [5.41, 5.74) is -3.19. The number of hydrogen-bond donors (Lipinski definition) is 2. The van der Waals surface area contributed by atoms with E-state index in [1.165, 1.54) is 0 Å². The van der Waals surface area contributed by atoms with E-state index in [0.29, 0.717) is 5.30 Å². The van der Waals surface area contributed by atoms with Gasteiger partial charge >= 0.3 is 6.84 Å². The van der Waals surface area contributed by atoms with Crippen LogP contribution in [0.3, 0.4) is 0 Å². The summed E-state index contributed by atoms with van der Waals surface area (Å²) in [4.78, 5) is 0. The minimum absolute atomic E-state index is 0.403. The van der Waals surface area contributed by atoms with Crippen molar-refractivity contribution in [1.29, 1.82) is 0 Å². The highest BCUT2D eigenvalue weighted by atomic mass is 79.9. The zero-order chi connectivity index (χ0) is 9.19. The SMILES string of the molecule is O=P(Br)(B(O)O)c1ccccc1. The van der Waals surface area contributed by atoms with Gasteiger partial charge in [-0.25, -0.2) is 0 Å². The smallest absolute Gasteiger partial charge is 0.420 e. The van der Waals surface area contributed by atoms with Crippen molar-refractivity contribution in [3.8, 4) is 0 Å². The summed E-state index contributed by atoms with van der Waals surface area (Å²) in [6, 6.07) is 8.29. The molecule has 1 unspecified atom stereocenters. The Labute approximate surface area is 78.6 Å². The van der Waals surface area contributed by atoms with Gasteiger partial charge in [-0.2, -0.15) is 0 Å². The molecule has 0 fully saturated rings. The molecule has 0 heterocycles. The van der Waals surface area contributed by atoms with Crippen LogP contribution in [0.2, 0.25) is 0 Å². The fraction of sp³-hybridized carbons (Fsp3) is 0. The molecule has 0 radical (unpaired) electrons. The Hall–Kier alpha value is -0.0851. The Morgan fingerprint density at radius 2 is 1.75 bits per heavy atom. The monoisotopic (exact) mass is 248 g/mol. The van der Waals surface area contributed by atoms with Gasteiger partial charge < -0.3 is 14.6 Å². The second-order valence-electron chi connectivity index (χ2n) is 2.26. The van der Waals surface area contributed by atoms with Crippen molar-refractivity contribution in [3.05, 3.63) is 30.3 Å². The van der Waals surface area contributed by atoms with Gasteiger partial charge in [-0.05, 0) is 15.5 Å². The van der Waals surface area contributed by atoms with Gasteiger partial charge in [0.25, 0.3) is 0 Å². The summed E-state index contributed by atoms with van der Waals surface area (Å²) in [7, 11) is 0. The molecule has 0 aliphatic carbocycles. The maximum Gasteiger partial charge on any atom is 0.537 e. The molecule has 0 bridgehead atoms. The third-order valence-corrected chi connectivity index (χ3v) is 5.33. The van der Waals surface area contributed by atoms with E-state index >= 15 is 0 Å². The Morgan fingerprint density at radius 3 is 2.17 bits per heavy atom. The van der Waals surface area contributed by atoms with Crippen LogP contribution in [-0.2, 0) is 4.57 Å². The molecule has 64 valence electrons. The molecule has 0 aliphatic heterocycles. The highest BCUT2D eigenvalue weighted by Gasteiger charge is 2.35. The van der Waals surface area contributed by atoms with E-state index in [9.17, 15) is 4.57 Å². The molecule has 6 heteroatoms. The molecule has 3 nitrogen and oxygen atoms in total. The van der Waals surface area contributed by atoms with Gasteiger partial charge in [-0.1, -0.05) is 30.3 Å². The zero-order valence-corrected chi connectivity index (χ0v) is 8.57. The van der Waals surface area contributed by atoms with Gasteiger partial charge in [0.2, 0.25) is 5.72 Å². The molecule has 12 heavy (non-hydrogen) atoms. The van der Waals surface area contributed by atoms with Gasteiger partial charge in [0.15, 0.2) is 0 Å². The molecular formula is C6H7BBrO3P. The van der Waals surface area contributed by atoms with Crippen molar-refractivity contribution in [2.24, 2.45) is 0 Å². The summed E-state index contributed by atoms with van der Waals surface area (Å²) in [5.74, 6) is 0. The van der Waals surface area contributed by atoms with E-state index in [-0.39, 0.29) is 0 Å². The predicted octanol–water partition coefficient (Wildman–Crippen LogP) is 0.954. The molecule has 0 aromatic heterocycles. The van der Waals surface area contributed by atoms with Gasteiger partial charge in [0.1, 0.15) is 0 Å². The van der Waals surface area contributed by atoms with Crippen molar-refractivity contribution in [2.45, 2.75) is 0 Å². The van der Waals surface area contributed by atoms with Crippen LogP contribution in [0.15, 0.2) is 30.3 Å². The van der Waals surface area contributed by atoms with Crippen molar-refractivity contribution < 1.29 is 14.6 Å². The highest BCUT2D eigenvalue weighted by molar-refractivity contribution is 9.43. The van der Waals surface area contributed by atoms with Gasteiger partial charge in [-0.15, -0.1) is 0 Å². The minimum atomic E-state index is -3.19. The maximum absolute atomic E-state index is 11.5.